The van der Waals surface area contributed by atoms with Crippen molar-refractivity contribution in [3.63, 3.8) is 0 Å². The molecule has 1 fully saturated rings. The lowest BCUT2D eigenvalue weighted by Gasteiger charge is -2.34. The number of nitrogens with one attached hydrogen (secondary N) is 2. The van der Waals surface area contributed by atoms with Crippen LogP contribution in [0.2, 0.25) is 0 Å². The molecule has 0 radical (unpaired) electrons. The Morgan fingerprint density at radius 3 is 2.75 bits per heavy atom. The first kappa shape index (κ1) is 23.7. The quantitative estimate of drug-likeness (QED) is 0.405. The number of hydrogen-bond acceptors (Lipinski definition) is 9. The molecule has 4 aromatic rings. The molecule has 11 heteroatoms. The van der Waals surface area contributed by atoms with Crippen LogP contribution in [0.5, 0.6) is 0 Å². The predicted octanol–water partition coefficient (Wildman–Crippen LogP) is 4.60. The highest BCUT2D eigenvalue weighted by atomic mass is 32.1. The molecule has 0 saturated heterocycles. The summed E-state index contributed by atoms with van der Waals surface area (Å²) in [6.45, 7) is 5.55. The number of carbonyl (C=O) groups excluding carboxylic acids is 1. The van der Waals surface area contributed by atoms with Crippen molar-refractivity contribution in [3.05, 3.63) is 47.2 Å². The number of ether oxygens (including phenoxy) is 1. The van der Waals surface area contributed by atoms with Crippen molar-refractivity contribution in [3.8, 4) is 28.0 Å². The summed E-state index contributed by atoms with van der Waals surface area (Å²) in [5, 5.41) is 30.2. The average molecular weight is 503 g/mol. The molecular weight excluding hydrogens is 476 g/mol. The number of rotatable bonds is 5. The first-order valence-electron chi connectivity index (χ1n) is 11.6. The maximum absolute atomic E-state index is 12.0. The Morgan fingerprint density at radius 2 is 2.03 bits per heavy atom. The highest BCUT2D eigenvalue weighted by molar-refractivity contribution is 7.14. The highest BCUT2D eigenvalue weighted by Gasteiger charge is 2.35. The summed E-state index contributed by atoms with van der Waals surface area (Å²) in [4.78, 5) is 16.7. The molecule has 36 heavy (non-hydrogen) atoms. The van der Waals surface area contributed by atoms with Crippen LogP contribution in [0, 0.1) is 11.3 Å². The summed E-state index contributed by atoms with van der Waals surface area (Å²) >= 11 is 1.55. The Kier molecular flexibility index (Phi) is 6.05. The molecule has 0 bridgehead atoms. The smallest absolute Gasteiger partial charge is 0.407 e. The van der Waals surface area contributed by atoms with E-state index in [0.717, 1.165) is 51.0 Å². The van der Waals surface area contributed by atoms with E-state index in [4.69, 9.17) is 10.00 Å². The van der Waals surface area contributed by atoms with Crippen LogP contribution >= 0.6 is 11.3 Å². The number of nitriles is 1. The fourth-order valence-electron chi connectivity index (χ4n) is 4.15. The molecule has 5 rings (SSSR count). The van der Waals surface area contributed by atoms with Crippen molar-refractivity contribution in [2.45, 2.75) is 51.2 Å². The zero-order valence-corrected chi connectivity index (χ0v) is 21.3. The predicted molar refractivity (Wildman–Crippen MR) is 137 cm³/mol. The third-order valence-corrected chi connectivity index (χ3v) is 7.06. The van der Waals surface area contributed by atoms with Gasteiger partial charge in [-0.1, -0.05) is 11.3 Å². The van der Waals surface area contributed by atoms with Gasteiger partial charge < -0.3 is 15.4 Å². The number of pyridine rings is 1. The lowest BCUT2D eigenvalue weighted by molar-refractivity contribution is 0.0471. The molecule has 0 spiro atoms. The van der Waals surface area contributed by atoms with E-state index >= 15 is 0 Å². The van der Waals surface area contributed by atoms with Crippen LogP contribution in [0.15, 0.2) is 36.7 Å². The third-order valence-electron chi connectivity index (χ3n) is 5.94. The minimum Gasteiger partial charge on any atom is -0.444 e. The average Bonchev–Trinajstić information content (AvgIpc) is 3.46. The number of fused-ring (bicyclic) bond motifs is 1. The van der Waals surface area contributed by atoms with E-state index in [2.05, 4.69) is 37.0 Å². The van der Waals surface area contributed by atoms with Crippen LogP contribution in [-0.4, -0.2) is 49.6 Å². The summed E-state index contributed by atoms with van der Waals surface area (Å²) in [7, 11) is 1.86. The van der Waals surface area contributed by atoms with Gasteiger partial charge in [0.05, 0.1) is 34.2 Å². The van der Waals surface area contributed by atoms with Gasteiger partial charge in [0.15, 0.2) is 5.01 Å². The number of carbonyl (C=O) groups is 1. The molecule has 0 aromatic carbocycles. The van der Waals surface area contributed by atoms with Crippen LogP contribution in [0.3, 0.4) is 0 Å². The van der Waals surface area contributed by atoms with Crippen molar-refractivity contribution in [2.75, 3.05) is 12.4 Å². The van der Waals surface area contributed by atoms with Crippen molar-refractivity contribution in [2.24, 2.45) is 0 Å². The Labute approximate surface area is 212 Å². The molecule has 0 aliphatic heterocycles. The van der Waals surface area contributed by atoms with Crippen molar-refractivity contribution in [1.29, 1.82) is 5.26 Å². The number of anilines is 1. The summed E-state index contributed by atoms with van der Waals surface area (Å²) < 4.78 is 7.10. The Balaban J connectivity index is 1.31. The summed E-state index contributed by atoms with van der Waals surface area (Å²) in [5.74, 6) is 0.262. The molecule has 2 N–H and O–H groups in total. The molecule has 4 aromatic heterocycles. The second kappa shape index (κ2) is 9.20. The van der Waals surface area contributed by atoms with Gasteiger partial charge in [-0.15, -0.1) is 10.2 Å². The van der Waals surface area contributed by atoms with Gasteiger partial charge in [0.1, 0.15) is 16.7 Å². The number of hydrogen-bond donors (Lipinski definition) is 2. The van der Waals surface area contributed by atoms with Crippen molar-refractivity contribution in [1.82, 2.24) is 30.1 Å². The first-order chi connectivity index (χ1) is 17.2. The largest absolute Gasteiger partial charge is 0.444 e. The Morgan fingerprint density at radius 1 is 1.22 bits per heavy atom. The molecule has 0 atom stereocenters. The zero-order chi connectivity index (χ0) is 25.4. The van der Waals surface area contributed by atoms with Crippen LogP contribution in [0.1, 0.15) is 50.1 Å². The first-order valence-corrected chi connectivity index (χ1v) is 12.4. The fourth-order valence-corrected chi connectivity index (χ4v) is 5.14. The number of alkyl carbamates (subject to hydrolysis) is 1. The van der Waals surface area contributed by atoms with E-state index in [1.807, 2.05) is 46.0 Å². The van der Waals surface area contributed by atoms with E-state index in [1.54, 1.807) is 34.3 Å². The van der Waals surface area contributed by atoms with Gasteiger partial charge in [-0.2, -0.15) is 10.4 Å². The van der Waals surface area contributed by atoms with Crippen molar-refractivity contribution < 1.29 is 9.53 Å². The van der Waals surface area contributed by atoms with Gasteiger partial charge >= 0.3 is 6.09 Å². The van der Waals surface area contributed by atoms with Gasteiger partial charge in [0.25, 0.3) is 0 Å². The van der Waals surface area contributed by atoms with Crippen LogP contribution in [0.4, 0.5) is 10.5 Å². The molecule has 0 unspecified atom stereocenters. The van der Waals surface area contributed by atoms with E-state index in [-0.39, 0.29) is 18.1 Å². The topological polar surface area (TPSA) is 130 Å². The molecule has 1 aliphatic carbocycles. The maximum atomic E-state index is 12.0. The molecular formula is C25H26N8O2S. The maximum Gasteiger partial charge on any atom is 0.407 e. The van der Waals surface area contributed by atoms with E-state index < -0.39 is 5.60 Å². The fraction of sp³-hybridized carbons (Fsp3) is 0.360. The molecule has 4 heterocycles. The van der Waals surface area contributed by atoms with Gasteiger partial charge in [0, 0.05) is 30.9 Å². The second-order valence-electron chi connectivity index (χ2n) is 9.73. The third kappa shape index (κ3) is 4.72. The van der Waals surface area contributed by atoms with E-state index in [9.17, 15) is 4.79 Å². The number of aromatic nitrogens is 5. The van der Waals surface area contributed by atoms with Gasteiger partial charge in [-0.25, -0.2) is 9.31 Å². The monoisotopic (exact) mass is 502 g/mol. The minimum absolute atomic E-state index is 0.0840. The van der Waals surface area contributed by atoms with Gasteiger partial charge in [-0.05, 0) is 57.9 Å². The standard InChI is InChI=1S/C25H26N8O2S/c1-25(2,3)35-24(34)30-16-8-15(9-16)22-31-32-23(36-22)18-13-28-20(10-19(18)27-4)21-6-5-17-7-14(11-26)12-29-33(17)21/h5-7,10,12-13,15-16H,8-9H2,1-4H3,(H,27,28)(H,30,34). The second-order valence-corrected chi connectivity index (χ2v) is 10.7. The summed E-state index contributed by atoms with van der Waals surface area (Å²) in [6.07, 6.45) is 4.57. The Hall–Kier alpha value is -4.04. The number of amides is 1. The SMILES string of the molecule is CNc1cc(-c2ccc3cc(C#N)cnn23)ncc1-c1nnc(C2CC(NC(=O)OC(C)(C)C)C2)s1. The summed E-state index contributed by atoms with van der Waals surface area (Å²) in [5.41, 5.74) is 4.15. The normalized spacial score (nSPS) is 17.3. The number of nitrogens with zero attached hydrogens (tertiary/aromatic N) is 6. The molecule has 184 valence electrons. The van der Waals surface area contributed by atoms with E-state index in [1.165, 1.54) is 0 Å². The van der Waals surface area contributed by atoms with Gasteiger partial charge in [-0.3, -0.25) is 4.98 Å². The van der Waals surface area contributed by atoms with Crippen LogP contribution in [0.25, 0.3) is 27.5 Å². The van der Waals surface area contributed by atoms with E-state index in [0.29, 0.717) is 5.56 Å². The molecule has 1 aliphatic rings. The molecule has 10 nitrogen and oxygen atoms in total. The minimum atomic E-state index is -0.512. The van der Waals surface area contributed by atoms with Crippen molar-refractivity contribution >= 4 is 28.6 Å². The highest BCUT2D eigenvalue weighted by Crippen LogP contribution is 2.41. The molecule has 1 saturated carbocycles. The lowest BCUT2D eigenvalue weighted by Crippen LogP contribution is -2.45. The van der Waals surface area contributed by atoms with Gasteiger partial charge in [0.2, 0.25) is 0 Å². The van der Waals surface area contributed by atoms with Crippen LogP contribution in [-0.2, 0) is 4.74 Å². The van der Waals surface area contributed by atoms with Crippen LogP contribution < -0.4 is 10.6 Å². The Bertz CT molecular complexity index is 1470. The zero-order valence-electron chi connectivity index (χ0n) is 20.4. The molecule has 1 amide bonds. The summed E-state index contributed by atoms with van der Waals surface area (Å²) in [6, 6.07) is 9.80. The lowest BCUT2D eigenvalue weighted by atomic mass is 9.81.